The molecular formula is C20H15N3O2. The maximum atomic E-state index is 12.3. The van der Waals surface area contributed by atoms with Crippen molar-refractivity contribution in [3.05, 3.63) is 82.4 Å². The summed E-state index contributed by atoms with van der Waals surface area (Å²) >= 11 is 0. The zero-order valence-corrected chi connectivity index (χ0v) is 13.6. The molecule has 0 atom stereocenters. The third kappa shape index (κ3) is 3.65. The molecular weight excluding hydrogens is 314 g/mol. The number of hydrogen-bond donors (Lipinski definition) is 1. The van der Waals surface area contributed by atoms with Crippen LogP contribution in [0.25, 0.3) is 22.6 Å². The maximum Gasteiger partial charge on any atom is 0.259 e. The van der Waals surface area contributed by atoms with Gasteiger partial charge in [-0.3, -0.25) is 4.79 Å². The second-order valence-corrected chi connectivity index (χ2v) is 5.26. The molecule has 0 spiro atoms. The van der Waals surface area contributed by atoms with E-state index in [4.69, 9.17) is 4.74 Å². The van der Waals surface area contributed by atoms with Crippen molar-refractivity contribution in [2.75, 3.05) is 7.11 Å². The second-order valence-electron chi connectivity index (χ2n) is 5.26. The average molecular weight is 329 g/mol. The van der Waals surface area contributed by atoms with E-state index in [1.807, 2.05) is 36.4 Å². The van der Waals surface area contributed by atoms with Crippen molar-refractivity contribution >= 4 is 22.6 Å². The smallest absolute Gasteiger partial charge is 0.259 e. The number of nitrogens with one attached hydrogen (secondary N) is 1. The summed E-state index contributed by atoms with van der Waals surface area (Å²) in [5.41, 5.74) is 1.49. The highest BCUT2D eigenvalue weighted by molar-refractivity contribution is 5.83. The summed E-state index contributed by atoms with van der Waals surface area (Å²) in [5, 5.41) is 9.80. The molecule has 1 N–H and O–H groups in total. The molecule has 0 bridgehead atoms. The minimum Gasteiger partial charge on any atom is -0.497 e. The topological polar surface area (TPSA) is 78.8 Å². The Morgan fingerprint density at radius 3 is 2.76 bits per heavy atom. The number of H-pyrrole nitrogens is 1. The Bertz CT molecular complexity index is 1060. The van der Waals surface area contributed by atoms with Gasteiger partial charge in [-0.2, -0.15) is 5.26 Å². The zero-order valence-electron chi connectivity index (χ0n) is 13.6. The third-order valence-electron chi connectivity index (χ3n) is 3.64. The Hall–Kier alpha value is -3.65. The lowest BCUT2D eigenvalue weighted by atomic mass is 10.2. The lowest BCUT2D eigenvalue weighted by molar-refractivity contribution is 0.415. The molecule has 0 radical (unpaired) electrons. The van der Waals surface area contributed by atoms with Crippen LogP contribution in [-0.4, -0.2) is 17.1 Å². The first kappa shape index (κ1) is 16.2. The lowest BCUT2D eigenvalue weighted by Gasteiger charge is -2.03. The van der Waals surface area contributed by atoms with Crippen molar-refractivity contribution in [2.24, 2.45) is 0 Å². The van der Waals surface area contributed by atoms with Crippen LogP contribution in [0.5, 0.6) is 5.75 Å². The van der Waals surface area contributed by atoms with E-state index in [1.165, 1.54) is 7.11 Å². The predicted octanol–water partition coefficient (Wildman–Crippen LogP) is 3.55. The van der Waals surface area contributed by atoms with Gasteiger partial charge in [-0.05, 0) is 29.8 Å². The lowest BCUT2D eigenvalue weighted by Crippen LogP contribution is -2.11. The number of ether oxygens (including phenoxy) is 1. The quantitative estimate of drug-likeness (QED) is 0.586. The molecule has 5 nitrogen and oxygen atoms in total. The Morgan fingerprint density at radius 2 is 2.04 bits per heavy atom. The molecule has 3 aromatic rings. The molecule has 25 heavy (non-hydrogen) atoms. The van der Waals surface area contributed by atoms with E-state index in [9.17, 15) is 10.1 Å². The molecule has 0 fully saturated rings. The van der Waals surface area contributed by atoms with Gasteiger partial charge in [-0.1, -0.05) is 42.5 Å². The van der Waals surface area contributed by atoms with E-state index in [2.05, 4.69) is 16.0 Å². The van der Waals surface area contributed by atoms with Crippen molar-refractivity contribution in [1.29, 1.82) is 5.26 Å². The van der Waals surface area contributed by atoms with Crippen LogP contribution in [-0.2, 0) is 0 Å². The van der Waals surface area contributed by atoms with Gasteiger partial charge in [-0.15, -0.1) is 0 Å². The minimum atomic E-state index is -0.313. The Labute approximate surface area is 144 Å². The number of aromatic nitrogens is 2. The highest BCUT2D eigenvalue weighted by atomic mass is 16.5. The molecule has 0 aliphatic rings. The van der Waals surface area contributed by atoms with Crippen LogP contribution >= 0.6 is 0 Å². The number of fused-ring (bicyclic) bond motifs is 1. The molecule has 0 saturated heterocycles. The van der Waals surface area contributed by atoms with Gasteiger partial charge >= 0.3 is 0 Å². The Morgan fingerprint density at radius 1 is 1.24 bits per heavy atom. The summed E-state index contributed by atoms with van der Waals surface area (Å²) in [4.78, 5) is 19.3. The van der Waals surface area contributed by atoms with Crippen LogP contribution in [0, 0.1) is 11.3 Å². The summed E-state index contributed by atoms with van der Waals surface area (Å²) in [6.45, 7) is 0. The summed E-state index contributed by atoms with van der Waals surface area (Å²) in [6, 6.07) is 16.8. The summed E-state index contributed by atoms with van der Waals surface area (Å²) < 4.78 is 5.12. The molecule has 3 rings (SSSR count). The van der Waals surface area contributed by atoms with Crippen molar-refractivity contribution < 1.29 is 4.74 Å². The maximum absolute atomic E-state index is 12.3. The zero-order chi connectivity index (χ0) is 17.6. The molecule has 0 saturated carbocycles. The number of nitrogens with zero attached hydrogens (tertiary/aromatic N) is 2. The van der Waals surface area contributed by atoms with E-state index in [0.29, 0.717) is 16.7 Å². The number of benzene rings is 2. The highest BCUT2D eigenvalue weighted by Crippen LogP contribution is 2.18. The number of rotatable bonds is 4. The minimum absolute atomic E-state index is 0.239. The van der Waals surface area contributed by atoms with Gasteiger partial charge in [0.2, 0.25) is 0 Å². The number of nitriles is 1. The molecule has 1 heterocycles. The SMILES string of the molecule is COc1ccc2nc(C(C#N)=CC=Cc3ccccc3)[nH]c(=O)c2c1. The van der Waals surface area contributed by atoms with Crippen LogP contribution in [0.2, 0.25) is 0 Å². The van der Waals surface area contributed by atoms with Crippen LogP contribution in [0.4, 0.5) is 0 Å². The summed E-state index contributed by atoms with van der Waals surface area (Å²) in [7, 11) is 1.53. The van der Waals surface area contributed by atoms with E-state index >= 15 is 0 Å². The van der Waals surface area contributed by atoms with E-state index in [0.717, 1.165) is 5.56 Å². The van der Waals surface area contributed by atoms with E-state index < -0.39 is 0 Å². The molecule has 2 aromatic carbocycles. The second kappa shape index (κ2) is 7.28. The fourth-order valence-electron chi connectivity index (χ4n) is 2.36. The molecule has 122 valence electrons. The van der Waals surface area contributed by atoms with Crippen molar-refractivity contribution in [3.8, 4) is 11.8 Å². The molecule has 1 aromatic heterocycles. The van der Waals surface area contributed by atoms with Crippen molar-refractivity contribution in [3.63, 3.8) is 0 Å². The van der Waals surface area contributed by atoms with Gasteiger partial charge in [0.15, 0.2) is 5.82 Å². The number of hydrogen-bond acceptors (Lipinski definition) is 4. The number of methoxy groups -OCH3 is 1. The fraction of sp³-hybridized carbons (Fsp3) is 0.0500. The van der Waals surface area contributed by atoms with Crippen molar-refractivity contribution in [2.45, 2.75) is 0 Å². The van der Waals surface area contributed by atoms with Gasteiger partial charge in [0.25, 0.3) is 5.56 Å². The molecule has 5 heteroatoms. The van der Waals surface area contributed by atoms with Gasteiger partial charge in [-0.25, -0.2) is 4.98 Å². The van der Waals surface area contributed by atoms with Gasteiger partial charge in [0.05, 0.1) is 23.6 Å². The first-order chi connectivity index (χ1) is 12.2. The Balaban J connectivity index is 1.98. The standard InChI is InChI=1S/C20H15N3O2/c1-25-16-10-11-18-17(12-16)20(24)23-19(22-18)15(13-21)9-5-8-14-6-3-2-4-7-14/h2-12H,1H3,(H,22,23,24). The molecule has 0 aliphatic heterocycles. The first-order valence-electron chi connectivity index (χ1n) is 7.63. The molecule has 0 aliphatic carbocycles. The summed E-state index contributed by atoms with van der Waals surface area (Å²) in [6.07, 6.45) is 5.26. The van der Waals surface area contributed by atoms with E-state index in [-0.39, 0.29) is 17.0 Å². The fourth-order valence-corrected chi connectivity index (χ4v) is 2.36. The Kier molecular flexibility index (Phi) is 4.72. The van der Waals surface area contributed by atoms with Gasteiger partial charge in [0, 0.05) is 0 Å². The molecule has 0 amide bonds. The first-order valence-corrected chi connectivity index (χ1v) is 7.63. The predicted molar refractivity (Wildman–Crippen MR) is 98.0 cm³/mol. The molecule has 0 unspecified atom stereocenters. The van der Waals surface area contributed by atoms with Crippen molar-refractivity contribution in [1.82, 2.24) is 9.97 Å². The highest BCUT2D eigenvalue weighted by Gasteiger charge is 2.08. The van der Waals surface area contributed by atoms with E-state index in [1.54, 1.807) is 30.4 Å². The summed E-state index contributed by atoms with van der Waals surface area (Å²) in [5.74, 6) is 0.817. The van der Waals surface area contributed by atoms with Gasteiger partial charge < -0.3 is 9.72 Å². The number of allylic oxidation sites excluding steroid dienone is 3. The average Bonchev–Trinajstić information content (AvgIpc) is 2.66. The van der Waals surface area contributed by atoms with Crippen LogP contribution in [0.1, 0.15) is 11.4 Å². The normalized spacial score (nSPS) is 11.6. The van der Waals surface area contributed by atoms with Gasteiger partial charge in [0.1, 0.15) is 11.8 Å². The monoisotopic (exact) mass is 329 g/mol. The number of aromatic amines is 1. The third-order valence-corrected chi connectivity index (χ3v) is 3.64. The van der Waals surface area contributed by atoms with Crippen LogP contribution in [0.15, 0.2) is 65.5 Å². The largest absolute Gasteiger partial charge is 0.497 e. The van der Waals surface area contributed by atoms with Crippen LogP contribution in [0.3, 0.4) is 0 Å². The van der Waals surface area contributed by atoms with Crippen LogP contribution < -0.4 is 10.3 Å².